The van der Waals surface area contributed by atoms with E-state index in [4.69, 9.17) is 11.6 Å². The molecule has 2 aliphatic heterocycles. The molecule has 0 radical (unpaired) electrons. The number of benzene rings is 2. The fraction of sp³-hybridized carbons (Fsp3) is 0.304. The van der Waals surface area contributed by atoms with Gasteiger partial charge in [-0.2, -0.15) is 0 Å². The van der Waals surface area contributed by atoms with Crippen LogP contribution in [0.25, 0.3) is 10.9 Å². The highest BCUT2D eigenvalue weighted by molar-refractivity contribution is 6.31. The van der Waals surface area contributed by atoms with E-state index in [0.29, 0.717) is 30.2 Å². The molecule has 1 fully saturated rings. The Balaban J connectivity index is 1.29. The van der Waals surface area contributed by atoms with Crippen LogP contribution in [0.5, 0.6) is 0 Å². The number of piperazine rings is 1. The third kappa shape index (κ3) is 3.41. The molecule has 6 nitrogen and oxygen atoms in total. The monoisotopic (exact) mass is 422 g/mol. The van der Waals surface area contributed by atoms with Crippen molar-refractivity contribution in [3.05, 3.63) is 58.2 Å². The number of aromatic nitrogens is 1. The van der Waals surface area contributed by atoms with Gasteiger partial charge in [-0.25, -0.2) is 0 Å². The van der Waals surface area contributed by atoms with E-state index in [1.165, 1.54) is 5.56 Å². The van der Waals surface area contributed by atoms with Gasteiger partial charge in [-0.05, 0) is 60.9 Å². The zero-order valence-corrected chi connectivity index (χ0v) is 17.6. The van der Waals surface area contributed by atoms with Crippen molar-refractivity contribution in [2.75, 3.05) is 36.4 Å². The molecule has 1 saturated heterocycles. The first-order chi connectivity index (χ1) is 14.5. The largest absolute Gasteiger partial charge is 0.368 e. The van der Waals surface area contributed by atoms with E-state index in [9.17, 15) is 9.59 Å². The van der Waals surface area contributed by atoms with Gasteiger partial charge >= 0.3 is 0 Å². The second-order valence-corrected chi connectivity index (χ2v) is 8.48. The molecule has 0 saturated carbocycles. The standard InChI is InChI=1S/C23H23ClN4O2/c1-14-10-18(12-15-2-5-21(29)26-22(14)15)27-6-8-28(9-7-27)23(30)20-13-16-11-17(24)3-4-19(16)25-20/h3-4,10-13,25H,2,5-9H2,1H3,(H,26,29). The van der Waals surface area contributed by atoms with Crippen molar-refractivity contribution in [3.63, 3.8) is 0 Å². The zero-order valence-electron chi connectivity index (χ0n) is 16.8. The first-order valence-electron chi connectivity index (χ1n) is 10.2. The summed E-state index contributed by atoms with van der Waals surface area (Å²) in [4.78, 5) is 32.1. The zero-order chi connectivity index (χ0) is 20.8. The molecule has 154 valence electrons. The van der Waals surface area contributed by atoms with Gasteiger partial charge in [-0.15, -0.1) is 0 Å². The Morgan fingerprint density at radius 1 is 1.03 bits per heavy atom. The Morgan fingerprint density at radius 2 is 1.83 bits per heavy atom. The summed E-state index contributed by atoms with van der Waals surface area (Å²) in [6.45, 7) is 4.93. The number of anilines is 2. The number of carbonyl (C=O) groups excluding carboxylic acids is 2. The van der Waals surface area contributed by atoms with Crippen LogP contribution in [0.1, 0.15) is 28.0 Å². The number of aryl methyl sites for hydroxylation is 2. The Hall–Kier alpha value is -2.99. The maximum absolute atomic E-state index is 13.0. The van der Waals surface area contributed by atoms with Gasteiger partial charge in [0.25, 0.3) is 5.91 Å². The van der Waals surface area contributed by atoms with Crippen molar-refractivity contribution in [1.29, 1.82) is 0 Å². The van der Waals surface area contributed by atoms with Gasteiger partial charge < -0.3 is 20.1 Å². The van der Waals surface area contributed by atoms with Crippen LogP contribution in [0.15, 0.2) is 36.4 Å². The molecule has 0 spiro atoms. The summed E-state index contributed by atoms with van der Waals surface area (Å²) in [6.07, 6.45) is 1.31. The molecule has 0 unspecified atom stereocenters. The SMILES string of the molecule is Cc1cc(N2CCN(C(=O)c3cc4cc(Cl)ccc4[nH]3)CC2)cc2c1NC(=O)CC2. The molecule has 0 atom stereocenters. The minimum atomic E-state index is 0.0197. The minimum absolute atomic E-state index is 0.0197. The lowest BCUT2D eigenvalue weighted by molar-refractivity contribution is -0.116. The van der Waals surface area contributed by atoms with Crippen LogP contribution in [-0.4, -0.2) is 47.9 Å². The van der Waals surface area contributed by atoms with Crippen LogP contribution in [0.2, 0.25) is 5.02 Å². The molecule has 3 heterocycles. The van der Waals surface area contributed by atoms with Crippen molar-refractivity contribution in [2.24, 2.45) is 0 Å². The van der Waals surface area contributed by atoms with Gasteiger partial charge in [-0.1, -0.05) is 11.6 Å². The van der Waals surface area contributed by atoms with Gasteiger partial charge in [0.15, 0.2) is 0 Å². The van der Waals surface area contributed by atoms with Gasteiger partial charge in [-0.3, -0.25) is 9.59 Å². The number of halogens is 1. The van der Waals surface area contributed by atoms with Gasteiger partial charge in [0, 0.05) is 59.9 Å². The summed E-state index contributed by atoms with van der Waals surface area (Å²) in [5.74, 6) is 0.107. The number of nitrogens with zero attached hydrogens (tertiary/aromatic N) is 2. The molecular formula is C23H23ClN4O2. The average molecular weight is 423 g/mol. The highest BCUT2D eigenvalue weighted by Crippen LogP contribution is 2.32. The molecule has 2 aliphatic rings. The number of hydrogen-bond donors (Lipinski definition) is 2. The van der Waals surface area contributed by atoms with E-state index < -0.39 is 0 Å². The van der Waals surface area contributed by atoms with Gasteiger partial charge in [0.05, 0.1) is 0 Å². The van der Waals surface area contributed by atoms with E-state index in [-0.39, 0.29) is 11.8 Å². The molecule has 2 amide bonds. The van der Waals surface area contributed by atoms with Crippen molar-refractivity contribution in [1.82, 2.24) is 9.88 Å². The van der Waals surface area contributed by atoms with E-state index in [0.717, 1.165) is 47.4 Å². The van der Waals surface area contributed by atoms with Gasteiger partial charge in [0.2, 0.25) is 5.91 Å². The highest BCUT2D eigenvalue weighted by atomic mass is 35.5. The number of aromatic amines is 1. The summed E-state index contributed by atoms with van der Waals surface area (Å²) >= 11 is 6.06. The molecule has 30 heavy (non-hydrogen) atoms. The lowest BCUT2D eigenvalue weighted by atomic mass is 9.98. The van der Waals surface area contributed by atoms with Crippen molar-refractivity contribution >= 4 is 45.7 Å². The predicted octanol–water partition coefficient (Wildman–Crippen LogP) is 3.98. The second-order valence-electron chi connectivity index (χ2n) is 8.04. The number of amides is 2. The summed E-state index contributed by atoms with van der Waals surface area (Å²) in [6, 6.07) is 11.8. The normalized spacial score (nSPS) is 16.5. The van der Waals surface area contributed by atoms with Crippen molar-refractivity contribution < 1.29 is 9.59 Å². The molecule has 2 N–H and O–H groups in total. The van der Waals surface area contributed by atoms with E-state index in [2.05, 4.69) is 27.3 Å². The highest BCUT2D eigenvalue weighted by Gasteiger charge is 2.25. The maximum atomic E-state index is 13.0. The average Bonchev–Trinajstić information content (AvgIpc) is 3.17. The fourth-order valence-corrected chi connectivity index (χ4v) is 4.59. The summed E-state index contributed by atoms with van der Waals surface area (Å²) in [5.41, 5.74) is 5.92. The molecule has 7 heteroatoms. The first kappa shape index (κ1) is 19.0. The summed E-state index contributed by atoms with van der Waals surface area (Å²) < 4.78 is 0. The van der Waals surface area contributed by atoms with Crippen LogP contribution in [0.3, 0.4) is 0 Å². The lowest BCUT2D eigenvalue weighted by Crippen LogP contribution is -2.49. The lowest BCUT2D eigenvalue weighted by Gasteiger charge is -2.36. The smallest absolute Gasteiger partial charge is 0.270 e. The maximum Gasteiger partial charge on any atom is 0.270 e. The third-order valence-corrected chi connectivity index (χ3v) is 6.27. The van der Waals surface area contributed by atoms with Crippen LogP contribution >= 0.6 is 11.6 Å². The summed E-state index contributed by atoms with van der Waals surface area (Å²) in [7, 11) is 0. The third-order valence-electron chi connectivity index (χ3n) is 6.03. The molecular weight excluding hydrogens is 400 g/mol. The van der Waals surface area contributed by atoms with E-state index in [1.54, 1.807) is 0 Å². The minimum Gasteiger partial charge on any atom is -0.368 e. The Labute approximate surface area is 179 Å². The molecule has 0 aliphatic carbocycles. The molecule has 1 aromatic heterocycles. The number of rotatable bonds is 2. The Kier molecular flexibility index (Phi) is 4.66. The Bertz CT molecular complexity index is 1160. The molecule has 3 aromatic rings. The fourth-order valence-electron chi connectivity index (χ4n) is 4.41. The van der Waals surface area contributed by atoms with Gasteiger partial charge in [0.1, 0.15) is 5.69 Å². The van der Waals surface area contributed by atoms with Crippen molar-refractivity contribution in [2.45, 2.75) is 19.8 Å². The predicted molar refractivity (Wildman–Crippen MR) is 120 cm³/mol. The second kappa shape index (κ2) is 7.36. The molecule has 5 rings (SSSR count). The number of hydrogen-bond acceptors (Lipinski definition) is 3. The van der Waals surface area contributed by atoms with Crippen LogP contribution in [0, 0.1) is 6.92 Å². The van der Waals surface area contributed by atoms with Crippen LogP contribution in [0.4, 0.5) is 11.4 Å². The number of fused-ring (bicyclic) bond motifs is 2. The number of carbonyl (C=O) groups is 2. The van der Waals surface area contributed by atoms with Crippen LogP contribution < -0.4 is 10.2 Å². The Morgan fingerprint density at radius 3 is 2.63 bits per heavy atom. The topological polar surface area (TPSA) is 68.4 Å². The molecule has 2 aromatic carbocycles. The van der Waals surface area contributed by atoms with E-state index in [1.807, 2.05) is 36.1 Å². The van der Waals surface area contributed by atoms with E-state index >= 15 is 0 Å². The van der Waals surface area contributed by atoms with Crippen LogP contribution in [-0.2, 0) is 11.2 Å². The molecule has 0 bridgehead atoms. The van der Waals surface area contributed by atoms with Crippen molar-refractivity contribution in [3.8, 4) is 0 Å². The quantitative estimate of drug-likeness (QED) is 0.656. The summed E-state index contributed by atoms with van der Waals surface area (Å²) in [5, 5.41) is 4.60. The number of nitrogens with one attached hydrogen (secondary N) is 2. The first-order valence-corrected chi connectivity index (χ1v) is 10.6. The number of H-pyrrole nitrogens is 1.